The average Bonchev–Trinajstić information content (AvgIpc) is 2.60. The maximum Gasteiger partial charge on any atom is 0.186 e. The SMILES string of the molecule is Cn1ncc(Cl)c1C(=O)Cc1cccnc1. The lowest BCUT2D eigenvalue weighted by Gasteiger charge is -2.02. The zero-order valence-electron chi connectivity index (χ0n) is 8.72. The lowest BCUT2D eigenvalue weighted by molar-refractivity contribution is 0.0984. The molecule has 2 heterocycles. The first-order valence-electron chi connectivity index (χ1n) is 4.78. The third-order valence-corrected chi connectivity index (χ3v) is 2.52. The van der Waals surface area contributed by atoms with Crippen molar-refractivity contribution in [1.82, 2.24) is 14.8 Å². The smallest absolute Gasteiger partial charge is 0.186 e. The Hall–Kier alpha value is -1.68. The zero-order valence-corrected chi connectivity index (χ0v) is 9.48. The molecule has 0 aliphatic heterocycles. The predicted molar refractivity (Wildman–Crippen MR) is 60.5 cm³/mol. The molecule has 16 heavy (non-hydrogen) atoms. The number of aryl methyl sites for hydroxylation is 1. The average molecular weight is 236 g/mol. The fourth-order valence-electron chi connectivity index (χ4n) is 1.50. The van der Waals surface area contributed by atoms with Crippen molar-refractivity contribution in [3.63, 3.8) is 0 Å². The maximum atomic E-state index is 11.9. The highest BCUT2D eigenvalue weighted by molar-refractivity contribution is 6.33. The first kappa shape index (κ1) is 10.8. The van der Waals surface area contributed by atoms with E-state index in [0.717, 1.165) is 5.56 Å². The van der Waals surface area contributed by atoms with Crippen LogP contribution in [0.1, 0.15) is 16.1 Å². The highest BCUT2D eigenvalue weighted by Gasteiger charge is 2.15. The second-order valence-corrected chi connectivity index (χ2v) is 3.83. The molecular formula is C11H10ClN3O. The van der Waals surface area contributed by atoms with Gasteiger partial charge in [0.25, 0.3) is 0 Å². The number of rotatable bonds is 3. The largest absolute Gasteiger partial charge is 0.292 e. The van der Waals surface area contributed by atoms with Crippen molar-refractivity contribution >= 4 is 17.4 Å². The van der Waals surface area contributed by atoms with Crippen molar-refractivity contribution in [3.8, 4) is 0 Å². The number of nitrogens with zero attached hydrogens (tertiary/aromatic N) is 3. The fraction of sp³-hybridized carbons (Fsp3) is 0.182. The van der Waals surface area contributed by atoms with Gasteiger partial charge in [0.2, 0.25) is 0 Å². The van der Waals surface area contributed by atoms with Gasteiger partial charge in [-0.2, -0.15) is 5.10 Å². The van der Waals surface area contributed by atoms with Crippen LogP contribution < -0.4 is 0 Å². The predicted octanol–water partition coefficient (Wildman–Crippen LogP) is 1.89. The maximum absolute atomic E-state index is 11.9. The molecule has 4 nitrogen and oxygen atoms in total. The van der Waals surface area contributed by atoms with Crippen LogP contribution in [0, 0.1) is 0 Å². The quantitative estimate of drug-likeness (QED) is 0.764. The molecule has 0 radical (unpaired) electrons. The normalized spacial score (nSPS) is 10.4. The second-order valence-electron chi connectivity index (χ2n) is 3.43. The molecule has 0 bridgehead atoms. The van der Waals surface area contributed by atoms with Crippen LogP contribution in [0.4, 0.5) is 0 Å². The third kappa shape index (κ3) is 2.12. The third-order valence-electron chi connectivity index (χ3n) is 2.25. The number of halogens is 1. The molecule has 0 N–H and O–H groups in total. The number of carbonyl (C=O) groups excluding carboxylic acids is 1. The number of carbonyl (C=O) groups is 1. The summed E-state index contributed by atoms with van der Waals surface area (Å²) in [4.78, 5) is 15.9. The topological polar surface area (TPSA) is 47.8 Å². The van der Waals surface area contributed by atoms with Gasteiger partial charge in [-0.3, -0.25) is 14.5 Å². The number of aromatic nitrogens is 3. The molecule has 0 aliphatic rings. The Morgan fingerprint density at radius 1 is 1.50 bits per heavy atom. The Bertz CT molecular complexity index is 488. The van der Waals surface area contributed by atoms with E-state index in [-0.39, 0.29) is 12.2 Å². The molecule has 0 unspecified atom stereocenters. The molecule has 2 aromatic rings. The minimum atomic E-state index is -0.0574. The van der Waals surface area contributed by atoms with Gasteiger partial charge in [0.05, 0.1) is 11.2 Å². The summed E-state index contributed by atoms with van der Waals surface area (Å²) in [7, 11) is 1.70. The van der Waals surface area contributed by atoms with Gasteiger partial charge in [0.1, 0.15) is 5.69 Å². The zero-order chi connectivity index (χ0) is 11.5. The summed E-state index contributed by atoms with van der Waals surface area (Å²) >= 11 is 5.89. The summed E-state index contributed by atoms with van der Waals surface area (Å²) in [5.41, 5.74) is 1.30. The van der Waals surface area contributed by atoms with E-state index in [4.69, 9.17) is 11.6 Å². The molecule has 0 aromatic carbocycles. The van der Waals surface area contributed by atoms with E-state index in [1.54, 1.807) is 25.5 Å². The van der Waals surface area contributed by atoms with E-state index in [0.29, 0.717) is 10.7 Å². The Morgan fingerprint density at radius 3 is 2.88 bits per heavy atom. The number of Topliss-reactive ketones (excluding diaryl/α,β-unsaturated/α-hetero) is 1. The summed E-state index contributed by atoms with van der Waals surface area (Å²) in [6.07, 6.45) is 5.10. The van der Waals surface area contributed by atoms with Crippen molar-refractivity contribution in [2.45, 2.75) is 6.42 Å². The van der Waals surface area contributed by atoms with Crippen LogP contribution in [-0.4, -0.2) is 20.5 Å². The van der Waals surface area contributed by atoms with Crippen molar-refractivity contribution in [1.29, 1.82) is 0 Å². The monoisotopic (exact) mass is 235 g/mol. The number of hydrogen-bond acceptors (Lipinski definition) is 3. The first-order valence-corrected chi connectivity index (χ1v) is 5.16. The van der Waals surface area contributed by atoms with E-state index in [1.165, 1.54) is 10.9 Å². The minimum absolute atomic E-state index is 0.0574. The van der Waals surface area contributed by atoms with E-state index >= 15 is 0 Å². The van der Waals surface area contributed by atoms with Gasteiger partial charge in [0.15, 0.2) is 5.78 Å². The van der Waals surface area contributed by atoms with Crippen molar-refractivity contribution in [2.75, 3.05) is 0 Å². The second kappa shape index (κ2) is 4.45. The summed E-state index contributed by atoms with van der Waals surface area (Å²) in [5.74, 6) is -0.0574. The van der Waals surface area contributed by atoms with Crippen LogP contribution in [0.25, 0.3) is 0 Å². The van der Waals surface area contributed by atoms with Crippen LogP contribution in [0.2, 0.25) is 5.02 Å². The lowest BCUT2D eigenvalue weighted by atomic mass is 10.1. The minimum Gasteiger partial charge on any atom is -0.292 e. The van der Waals surface area contributed by atoms with Crippen molar-refractivity contribution in [3.05, 3.63) is 47.0 Å². The molecule has 2 rings (SSSR count). The fourth-order valence-corrected chi connectivity index (χ4v) is 1.77. The van der Waals surface area contributed by atoms with E-state index in [1.807, 2.05) is 6.07 Å². The summed E-state index contributed by atoms with van der Waals surface area (Å²) in [6, 6.07) is 3.66. The number of pyridine rings is 1. The summed E-state index contributed by atoms with van der Waals surface area (Å²) < 4.78 is 1.49. The van der Waals surface area contributed by atoms with Crippen LogP contribution >= 0.6 is 11.6 Å². The van der Waals surface area contributed by atoms with Gasteiger partial charge in [0, 0.05) is 25.9 Å². The van der Waals surface area contributed by atoms with Gasteiger partial charge in [-0.25, -0.2) is 0 Å². The van der Waals surface area contributed by atoms with Gasteiger partial charge in [-0.1, -0.05) is 17.7 Å². The van der Waals surface area contributed by atoms with Gasteiger partial charge in [-0.05, 0) is 11.6 Å². The van der Waals surface area contributed by atoms with Gasteiger partial charge in [-0.15, -0.1) is 0 Å². The number of hydrogen-bond donors (Lipinski definition) is 0. The molecule has 0 spiro atoms. The molecule has 0 saturated carbocycles. The highest BCUT2D eigenvalue weighted by atomic mass is 35.5. The molecule has 0 aliphatic carbocycles. The van der Waals surface area contributed by atoms with Crippen LogP contribution in [-0.2, 0) is 13.5 Å². The molecule has 0 atom stereocenters. The van der Waals surface area contributed by atoms with Gasteiger partial charge >= 0.3 is 0 Å². The van der Waals surface area contributed by atoms with E-state index in [2.05, 4.69) is 10.1 Å². The standard InChI is InChI=1S/C11H10ClN3O/c1-15-11(9(12)7-14-15)10(16)5-8-3-2-4-13-6-8/h2-4,6-7H,5H2,1H3. The molecule has 82 valence electrons. The molecule has 2 aromatic heterocycles. The van der Waals surface area contributed by atoms with Crippen LogP contribution in [0.3, 0.4) is 0 Å². The summed E-state index contributed by atoms with van der Waals surface area (Å²) in [6.45, 7) is 0. The van der Waals surface area contributed by atoms with E-state index in [9.17, 15) is 4.79 Å². The molecular weight excluding hydrogens is 226 g/mol. The van der Waals surface area contributed by atoms with Gasteiger partial charge < -0.3 is 0 Å². The first-order chi connectivity index (χ1) is 7.68. The Morgan fingerprint density at radius 2 is 2.31 bits per heavy atom. The van der Waals surface area contributed by atoms with E-state index < -0.39 is 0 Å². The number of ketones is 1. The Kier molecular flexibility index (Phi) is 3.01. The van der Waals surface area contributed by atoms with Crippen LogP contribution in [0.5, 0.6) is 0 Å². The van der Waals surface area contributed by atoms with Crippen molar-refractivity contribution in [2.24, 2.45) is 7.05 Å². The Balaban J connectivity index is 2.22. The highest BCUT2D eigenvalue weighted by Crippen LogP contribution is 2.16. The molecule has 0 amide bonds. The molecule has 0 saturated heterocycles. The van der Waals surface area contributed by atoms with Crippen LogP contribution in [0.15, 0.2) is 30.7 Å². The Labute approximate surface area is 97.9 Å². The summed E-state index contributed by atoms with van der Waals surface area (Å²) in [5, 5.41) is 4.31. The lowest BCUT2D eigenvalue weighted by Crippen LogP contribution is -2.10. The molecule has 5 heteroatoms. The van der Waals surface area contributed by atoms with Crippen molar-refractivity contribution < 1.29 is 4.79 Å². The molecule has 0 fully saturated rings.